The Morgan fingerprint density at radius 2 is 1.86 bits per heavy atom. The first kappa shape index (κ1) is 14.5. The third-order valence-corrected chi connectivity index (χ3v) is 4.02. The van der Waals surface area contributed by atoms with Crippen LogP contribution in [0.1, 0.15) is 11.3 Å². The second-order valence-corrected chi connectivity index (χ2v) is 5.32. The van der Waals surface area contributed by atoms with Crippen LogP contribution in [0.25, 0.3) is 22.2 Å². The minimum Gasteiger partial charge on any atom is -0.396 e. The van der Waals surface area contributed by atoms with Crippen LogP contribution in [0, 0.1) is 6.92 Å². The van der Waals surface area contributed by atoms with E-state index in [2.05, 4.69) is 5.10 Å². The molecule has 0 unspecified atom stereocenters. The van der Waals surface area contributed by atoms with Crippen molar-refractivity contribution in [3.63, 3.8) is 0 Å². The molecule has 0 saturated heterocycles. The van der Waals surface area contributed by atoms with Crippen LogP contribution in [0.4, 0.5) is 18.9 Å². The van der Waals surface area contributed by atoms with Gasteiger partial charge in [-0.15, -0.1) is 0 Å². The van der Waals surface area contributed by atoms with Gasteiger partial charge in [-0.3, -0.25) is 4.68 Å². The van der Waals surface area contributed by atoms with Crippen molar-refractivity contribution < 1.29 is 13.2 Å². The maximum Gasteiger partial charge on any atom is 0.416 e. The molecular weight excluding hydrogens is 293 g/mol. The Labute approximate surface area is 124 Å². The third-order valence-electron chi connectivity index (χ3n) is 4.02. The molecule has 2 aromatic heterocycles. The second kappa shape index (κ2) is 4.53. The molecule has 3 rings (SSSR count). The SMILES string of the molecule is Cc1c(-c2c(N)cnn2C)c2ccc(C(F)(F)F)cc2n1C. The highest BCUT2D eigenvalue weighted by molar-refractivity contribution is 6.00. The molecule has 0 aliphatic rings. The predicted molar refractivity (Wildman–Crippen MR) is 79.3 cm³/mol. The van der Waals surface area contributed by atoms with Gasteiger partial charge in [-0.25, -0.2) is 0 Å². The number of hydrogen-bond donors (Lipinski definition) is 1. The van der Waals surface area contributed by atoms with Crippen molar-refractivity contribution in [2.24, 2.45) is 14.1 Å². The van der Waals surface area contributed by atoms with Crippen molar-refractivity contribution in [1.29, 1.82) is 0 Å². The quantitative estimate of drug-likeness (QED) is 0.748. The van der Waals surface area contributed by atoms with Gasteiger partial charge in [0.2, 0.25) is 0 Å². The summed E-state index contributed by atoms with van der Waals surface area (Å²) < 4.78 is 42.1. The Kier molecular flexibility index (Phi) is 2.98. The highest BCUT2D eigenvalue weighted by atomic mass is 19.4. The molecule has 0 saturated carbocycles. The van der Waals surface area contributed by atoms with E-state index in [1.165, 1.54) is 18.3 Å². The Morgan fingerprint density at radius 3 is 2.41 bits per heavy atom. The van der Waals surface area contributed by atoms with E-state index in [1.54, 1.807) is 23.3 Å². The molecule has 0 atom stereocenters. The average molecular weight is 308 g/mol. The summed E-state index contributed by atoms with van der Waals surface area (Å²) in [6, 6.07) is 3.75. The van der Waals surface area contributed by atoms with Crippen LogP contribution in [-0.2, 0) is 20.3 Å². The number of halogens is 3. The number of anilines is 1. The summed E-state index contributed by atoms with van der Waals surface area (Å²) in [4.78, 5) is 0. The van der Waals surface area contributed by atoms with E-state index in [0.717, 1.165) is 22.7 Å². The Balaban J connectivity index is 2.36. The molecule has 4 nitrogen and oxygen atoms in total. The molecule has 0 fully saturated rings. The first-order valence-electron chi connectivity index (χ1n) is 6.66. The first-order valence-corrected chi connectivity index (χ1v) is 6.66. The van der Waals surface area contributed by atoms with Gasteiger partial charge in [0.05, 0.1) is 23.1 Å². The molecule has 22 heavy (non-hydrogen) atoms. The summed E-state index contributed by atoms with van der Waals surface area (Å²) >= 11 is 0. The molecule has 1 aromatic carbocycles. The zero-order valence-corrected chi connectivity index (χ0v) is 12.4. The van der Waals surface area contributed by atoms with Crippen molar-refractivity contribution >= 4 is 16.6 Å². The van der Waals surface area contributed by atoms with Gasteiger partial charge >= 0.3 is 6.18 Å². The molecule has 0 bridgehead atoms. The molecule has 0 radical (unpaired) electrons. The molecule has 0 amide bonds. The molecule has 0 aliphatic heterocycles. The molecule has 3 aromatic rings. The molecular formula is C15H15F3N4. The summed E-state index contributed by atoms with van der Waals surface area (Å²) in [6.07, 6.45) is -2.82. The van der Waals surface area contributed by atoms with Gasteiger partial charge in [0, 0.05) is 36.3 Å². The lowest BCUT2D eigenvalue weighted by molar-refractivity contribution is -0.137. The smallest absolute Gasteiger partial charge is 0.396 e. The fourth-order valence-electron chi connectivity index (χ4n) is 2.80. The van der Waals surface area contributed by atoms with Crippen LogP contribution in [0.15, 0.2) is 24.4 Å². The molecule has 116 valence electrons. The Bertz CT molecular complexity index is 852. The number of aryl methyl sites for hydroxylation is 2. The minimum absolute atomic E-state index is 0.498. The molecule has 0 aliphatic carbocycles. The number of nitrogens with zero attached hydrogens (tertiary/aromatic N) is 3. The molecule has 2 N–H and O–H groups in total. The van der Waals surface area contributed by atoms with E-state index in [-0.39, 0.29) is 0 Å². The van der Waals surface area contributed by atoms with E-state index in [9.17, 15) is 13.2 Å². The first-order chi connectivity index (χ1) is 10.2. The van der Waals surface area contributed by atoms with E-state index in [0.29, 0.717) is 16.9 Å². The minimum atomic E-state index is -4.36. The molecule has 0 spiro atoms. The van der Waals surface area contributed by atoms with Crippen LogP contribution < -0.4 is 5.73 Å². The third kappa shape index (κ3) is 1.96. The van der Waals surface area contributed by atoms with E-state index >= 15 is 0 Å². The Morgan fingerprint density at radius 1 is 1.18 bits per heavy atom. The van der Waals surface area contributed by atoms with Crippen molar-refractivity contribution in [3.05, 3.63) is 35.7 Å². The van der Waals surface area contributed by atoms with Crippen molar-refractivity contribution in [1.82, 2.24) is 14.3 Å². The number of nitrogens with two attached hydrogens (primary N) is 1. The fraction of sp³-hybridized carbons (Fsp3) is 0.267. The number of hydrogen-bond acceptors (Lipinski definition) is 2. The van der Waals surface area contributed by atoms with Crippen molar-refractivity contribution in [3.8, 4) is 11.3 Å². The van der Waals surface area contributed by atoms with Gasteiger partial charge in [0.25, 0.3) is 0 Å². The van der Waals surface area contributed by atoms with Crippen LogP contribution in [0.3, 0.4) is 0 Å². The lowest BCUT2D eigenvalue weighted by Gasteiger charge is -2.07. The number of rotatable bonds is 1. The zero-order chi connectivity index (χ0) is 16.2. The maximum absolute atomic E-state index is 12.9. The lowest BCUT2D eigenvalue weighted by Crippen LogP contribution is -2.04. The van der Waals surface area contributed by atoms with Crippen molar-refractivity contribution in [2.45, 2.75) is 13.1 Å². The number of alkyl halides is 3. The second-order valence-electron chi connectivity index (χ2n) is 5.32. The van der Waals surface area contributed by atoms with E-state index in [4.69, 9.17) is 5.73 Å². The van der Waals surface area contributed by atoms with Crippen LogP contribution in [0.2, 0.25) is 0 Å². The highest BCUT2D eigenvalue weighted by Crippen LogP contribution is 2.39. The standard InChI is InChI=1S/C15H15F3N4/c1-8-13(14-11(19)7-20-22(14)3)10-5-4-9(15(16,17)18)6-12(10)21(8)2/h4-7H,19H2,1-3H3. The monoisotopic (exact) mass is 308 g/mol. The van der Waals surface area contributed by atoms with Gasteiger partial charge < -0.3 is 10.3 Å². The van der Waals surface area contributed by atoms with Gasteiger partial charge in [-0.2, -0.15) is 18.3 Å². The average Bonchev–Trinajstić information content (AvgIpc) is 2.88. The lowest BCUT2D eigenvalue weighted by atomic mass is 10.0. The normalized spacial score (nSPS) is 12.3. The predicted octanol–water partition coefficient (Wildman–Crippen LogP) is 3.49. The Hall–Kier alpha value is -2.44. The number of benzene rings is 1. The largest absolute Gasteiger partial charge is 0.416 e. The summed E-state index contributed by atoms with van der Waals surface area (Å²) in [7, 11) is 3.50. The number of nitrogen functional groups attached to an aromatic ring is 1. The fourth-order valence-corrected chi connectivity index (χ4v) is 2.80. The summed E-state index contributed by atoms with van der Waals surface area (Å²) in [5, 5.41) is 4.83. The van der Waals surface area contributed by atoms with Gasteiger partial charge in [0.15, 0.2) is 0 Å². The van der Waals surface area contributed by atoms with Crippen LogP contribution >= 0.6 is 0 Å². The zero-order valence-electron chi connectivity index (χ0n) is 12.4. The topological polar surface area (TPSA) is 48.8 Å². The van der Waals surface area contributed by atoms with Crippen LogP contribution in [-0.4, -0.2) is 14.3 Å². The van der Waals surface area contributed by atoms with Gasteiger partial charge in [-0.05, 0) is 19.1 Å². The summed E-state index contributed by atoms with van der Waals surface area (Å²) in [6.45, 7) is 1.86. The number of fused-ring (bicyclic) bond motifs is 1. The van der Waals surface area contributed by atoms with Gasteiger partial charge in [-0.1, -0.05) is 6.07 Å². The van der Waals surface area contributed by atoms with Crippen molar-refractivity contribution in [2.75, 3.05) is 5.73 Å². The molecule has 2 heterocycles. The van der Waals surface area contributed by atoms with Gasteiger partial charge in [0.1, 0.15) is 0 Å². The summed E-state index contributed by atoms with van der Waals surface area (Å²) in [5.74, 6) is 0. The maximum atomic E-state index is 12.9. The van der Waals surface area contributed by atoms with Crippen LogP contribution in [0.5, 0.6) is 0 Å². The molecule has 7 heteroatoms. The summed E-state index contributed by atoms with van der Waals surface area (Å²) in [5.41, 5.74) is 8.68. The highest BCUT2D eigenvalue weighted by Gasteiger charge is 2.31. The number of aromatic nitrogens is 3. The van der Waals surface area contributed by atoms with E-state index < -0.39 is 11.7 Å². The van der Waals surface area contributed by atoms with E-state index in [1.807, 2.05) is 6.92 Å².